The molecule has 2 saturated heterocycles. The van der Waals surface area contributed by atoms with Crippen molar-refractivity contribution in [1.82, 2.24) is 4.90 Å². The summed E-state index contributed by atoms with van der Waals surface area (Å²) >= 11 is 0. The van der Waals surface area contributed by atoms with Gasteiger partial charge in [-0.2, -0.15) is 4.79 Å². The van der Waals surface area contributed by atoms with Crippen molar-refractivity contribution in [3.63, 3.8) is 0 Å². The molecule has 2 heterocycles. The molecule has 0 aromatic carbocycles. The Balaban J connectivity index is 1.48. The third kappa shape index (κ3) is 4.01. The van der Waals surface area contributed by atoms with Gasteiger partial charge >= 0.3 is 11.7 Å². The molecule has 0 radical (unpaired) electrons. The Morgan fingerprint density at radius 1 is 1.07 bits per heavy atom. The molecule has 6 nitrogen and oxygen atoms in total. The first kappa shape index (κ1) is 21.0. The molecule has 0 aromatic heterocycles. The highest BCUT2D eigenvalue weighted by atomic mass is 19.1. The minimum atomic E-state index is -0.730. The lowest BCUT2D eigenvalue weighted by atomic mass is 9.65. The molecule has 162 valence electrons. The van der Waals surface area contributed by atoms with E-state index in [0.717, 1.165) is 64.5 Å². The van der Waals surface area contributed by atoms with Gasteiger partial charge in [-0.15, -0.1) is 0 Å². The van der Waals surface area contributed by atoms with Crippen LogP contribution in [0.1, 0.15) is 70.6 Å². The lowest BCUT2D eigenvalue weighted by Gasteiger charge is -2.61. The molecule has 0 bridgehead atoms. The monoisotopic (exact) mass is 407 g/mol. The highest BCUT2D eigenvalue weighted by Gasteiger charge is 2.61. The first-order valence-corrected chi connectivity index (χ1v) is 11.4. The number of nitrogens with zero attached hydrogens (tertiary/aromatic N) is 3. The number of piperidine rings is 1. The van der Waals surface area contributed by atoms with Gasteiger partial charge in [0.1, 0.15) is 11.8 Å². The zero-order chi connectivity index (χ0) is 20.4. The van der Waals surface area contributed by atoms with Crippen molar-refractivity contribution in [2.75, 3.05) is 20.2 Å². The predicted molar refractivity (Wildman–Crippen MR) is 106 cm³/mol. The van der Waals surface area contributed by atoms with Crippen LogP contribution in [-0.4, -0.2) is 65.5 Å². The second-order valence-corrected chi connectivity index (χ2v) is 9.47. The van der Waals surface area contributed by atoms with Crippen molar-refractivity contribution < 1.29 is 23.4 Å². The maximum Gasteiger partial charge on any atom is 0.417 e. The van der Waals surface area contributed by atoms with Crippen LogP contribution >= 0.6 is 0 Å². The molecular weight excluding hydrogens is 373 g/mol. The molecule has 0 N–H and O–H groups in total. The van der Waals surface area contributed by atoms with Crippen molar-refractivity contribution in [2.45, 2.75) is 94.5 Å². The number of fused-ring (bicyclic) bond motifs is 1. The molecule has 2 aliphatic carbocycles. The van der Waals surface area contributed by atoms with Crippen LogP contribution in [0.5, 0.6) is 0 Å². The molecule has 0 unspecified atom stereocenters. The quantitative estimate of drug-likeness (QED) is 0.302. The summed E-state index contributed by atoms with van der Waals surface area (Å²) in [5.74, 6) is -0.358. The molecule has 0 amide bonds. The van der Waals surface area contributed by atoms with Crippen LogP contribution in [-0.2, 0) is 14.3 Å². The zero-order valence-corrected chi connectivity index (χ0v) is 17.5. The predicted octanol–water partition coefficient (Wildman–Crippen LogP) is 3.54. The summed E-state index contributed by atoms with van der Waals surface area (Å²) in [5.41, 5.74) is 9.25. The molecular formula is C22H34FN3O3. The van der Waals surface area contributed by atoms with E-state index < -0.39 is 17.7 Å². The van der Waals surface area contributed by atoms with Crippen molar-refractivity contribution in [3.05, 3.63) is 5.53 Å². The first-order valence-electron chi connectivity index (χ1n) is 11.4. The fourth-order valence-electron chi connectivity index (χ4n) is 6.26. The summed E-state index contributed by atoms with van der Waals surface area (Å²) in [6.07, 6.45) is 8.72. The number of ether oxygens (including phenoxy) is 2. The van der Waals surface area contributed by atoms with E-state index in [2.05, 4.69) is 9.69 Å². The SMILES string of the molecule is COC1CCC(C(=[N+]=[N-])C(=O)O[C@@]2(C3CCC(F)CC3)CN3CCCC[C@H]32)CC1. The Morgan fingerprint density at radius 3 is 2.41 bits per heavy atom. The molecule has 4 rings (SSSR count). The molecule has 4 fully saturated rings. The average molecular weight is 408 g/mol. The van der Waals surface area contributed by atoms with Crippen molar-refractivity contribution in [2.24, 2.45) is 11.8 Å². The number of esters is 1. The number of alkyl halides is 1. The maximum atomic E-state index is 13.8. The zero-order valence-electron chi connectivity index (χ0n) is 17.5. The third-order valence-electron chi connectivity index (χ3n) is 7.97. The average Bonchev–Trinajstić information content (AvgIpc) is 2.73. The number of halogens is 1. The molecule has 29 heavy (non-hydrogen) atoms. The van der Waals surface area contributed by atoms with E-state index in [1.54, 1.807) is 7.11 Å². The molecule has 2 saturated carbocycles. The molecule has 0 spiro atoms. The van der Waals surface area contributed by atoms with Crippen molar-refractivity contribution in [3.8, 4) is 0 Å². The summed E-state index contributed by atoms with van der Waals surface area (Å²) in [6.45, 7) is 1.78. The molecule has 0 aromatic rings. The second kappa shape index (κ2) is 8.83. The summed E-state index contributed by atoms with van der Waals surface area (Å²) in [5, 5.41) is 0. The van der Waals surface area contributed by atoms with E-state index in [-0.39, 0.29) is 29.7 Å². The molecule has 4 aliphatic rings. The third-order valence-corrected chi connectivity index (χ3v) is 7.97. The minimum absolute atomic E-state index is 0.0833. The molecule has 2 aliphatic heterocycles. The lowest BCUT2D eigenvalue weighted by molar-refractivity contribution is -0.226. The summed E-state index contributed by atoms with van der Waals surface area (Å²) in [6, 6.07) is 0.227. The van der Waals surface area contributed by atoms with Crippen LogP contribution < -0.4 is 0 Å². The topological polar surface area (TPSA) is 75.2 Å². The summed E-state index contributed by atoms with van der Waals surface area (Å²) < 4.78 is 25.4. The standard InChI is InChI=1S/C22H34FN3O3/c1-28-18-11-5-15(6-12-18)20(25-24)21(27)29-22(16-7-9-17(23)10-8-16)14-26-13-3-2-4-19(22)26/h15-19H,2-14H2,1H3/t15?,16?,17?,18?,19-,22+/m0/s1. The number of rotatable bonds is 5. The molecule has 2 atom stereocenters. The van der Waals surface area contributed by atoms with Crippen LogP contribution in [0, 0.1) is 11.8 Å². The van der Waals surface area contributed by atoms with Gasteiger partial charge < -0.3 is 15.0 Å². The smallest absolute Gasteiger partial charge is 0.417 e. The number of carbonyl (C=O) groups is 1. The summed E-state index contributed by atoms with van der Waals surface area (Å²) in [7, 11) is 1.71. The van der Waals surface area contributed by atoms with Crippen LogP contribution in [0.2, 0.25) is 0 Å². The van der Waals surface area contributed by atoms with Gasteiger partial charge in [0.15, 0.2) is 0 Å². The molecule has 7 heteroatoms. The van der Waals surface area contributed by atoms with E-state index >= 15 is 0 Å². The maximum absolute atomic E-state index is 13.8. The van der Waals surface area contributed by atoms with E-state index in [1.165, 1.54) is 6.42 Å². The fraction of sp³-hybridized carbons (Fsp3) is 0.909. The highest BCUT2D eigenvalue weighted by Crippen LogP contribution is 2.49. The fourth-order valence-corrected chi connectivity index (χ4v) is 6.26. The Bertz CT molecular complexity index is 652. The van der Waals surface area contributed by atoms with Gasteiger partial charge in [0.2, 0.25) is 0 Å². The normalized spacial score (nSPS) is 40.3. The number of carbonyl (C=O) groups excluding carboxylic acids is 1. The summed E-state index contributed by atoms with van der Waals surface area (Å²) in [4.78, 5) is 19.0. The number of hydrogen-bond donors (Lipinski definition) is 0. The van der Waals surface area contributed by atoms with Gasteiger partial charge in [-0.3, -0.25) is 4.90 Å². The Hall–Kier alpha value is -1.30. The van der Waals surface area contributed by atoms with E-state index in [9.17, 15) is 14.7 Å². The van der Waals surface area contributed by atoms with Crippen molar-refractivity contribution >= 4 is 11.7 Å². The van der Waals surface area contributed by atoms with Gasteiger partial charge in [0.25, 0.3) is 0 Å². The second-order valence-electron chi connectivity index (χ2n) is 9.47. The highest BCUT2D eigenvalue weighted by molar-refractivity contribution is 6.34. The van der Waals surface area contributed by atoms with Crippen LogP contribution in [0.3, 0.4) is 0 Å². The Morgan fingerprint density at radius 2 is 1.79 bits per heavy atom. The van der Waals surface area contributed by atoms with Gasteiger partial charge in [-0.1, -0.05) is 6.42 Å². The Kier molecular flexibility index (Phi) is 6.38. The van der Waals surface area contributed by atoms with E-state index in [0.29, 0.717) is 12.8 Å². The largest absolute Gasteiger partial charge is 0.447 e. The van der Waals surface area contributed by atoms with Crippen LogP contribution in [0.4, 0.5) is 4.39 Å². The number of methoxy groups -OCH3 is 1. The first-order chi connectivity index (χ1) is 14.1. The van der Waals surface area contributed by atoms with Crippen molar-refractivity contribution in [1.29, 1.82) is 0 Å². The van der Waals surface area contributed by atoms with Crippen LogP contribution in [0.15, 0.2) is 0 Å². The van der Waals surface area contributed by atoms with Crippen LogP contribution in [0.25, 0.3) is 5.53 Å². The van der Waals surface area contributed by atoms with Gasteiger partial charge in [0.05, 0.1) is 18.1 Å². The van der Waals surface area contributed by atoms with Gasteiger partial charge in [-0.25, -0.2) is 9.18 Å². The van der Waals surface area contributed by atoms with E-state index in [4.69, 9.17) is 9.47 Å². The van der Waals surface area contributed by atoms with Gasteiger partial charge in [-0.05, 0) is 70.8 Å². The number of hydrogen-bond acceptors (Lipinski definition) is 4. The van der Waals surface area contributed by atoms with Gasteiger partial charge in [0, 0.05) is 19.6 Å². The van der Waals surface area contributed by atoms with E-state index in [1.807, 2.05) is 0 Å². The Labute approximate surface area is 172 Å². The lowest BCUT2D eigenvalue weighted by Crippen LogP contribution is -2.75. The minimum Gasteiger partial charge on any atom is -0.447 e.